The summed E-state index contributed by atoms with van der Waals surface area (Å²) in [6, 6.07) is 4.25. The topological polar surface area (TPSA) is 101 Å². The van der Waals surface area contributed by atoms with E-state index in [-0.39, 0.29) is 23.2 Å². The lowest BCUT2D eigenvalue weighted by atomic mass is 10.1. The molecule has 0 amide bonds. The van der Waals surface area contributed by atoms with E-state index in [1.807, 2.05) is 0 Å². The van der Waals surface area contributed by atoms with Crippen molar-refractivity contribution in [2.24, 2.45) is 0 Å². The Morgan fingerprint density at radius 1 is 1.48 bits per heavy atom. The molecular weight excluding hydrogens is 296 g/mol. The zero-order valence-electron chi connectivity index (χ0n) is 11.9. The summed E-state index contributed by atoms with van der Waals surface area (Å²) in [5.41, 5.74) is 0.699. The molecule has 1 aromatic carbocycles. The first-order chi connectivity index (χ1) is 9.71. The number of nitro benzene ring substituents is 1. The Kier molecular flexibility index (Phi) is 4.20. The lowest BCUT2D eigenvalue weighted by molar-refractivity contribution is -0.384. The lowest BCUT2D eigenvalue weighted by Crippen LogP contribution is -2.33. The first-order valence-electron chi connectivity index (χ1n) is 6.61. The molecule has 0 aromatic heterocycles. The van der Waals surface area contributed by atoms with Gasteiger partial charge in [0.25, 0.3) is 5.69 Å². The zero-order chi connectivity index (χ0) is 15.8. The molecule has 0 spiro atoms. The zero-order valence-corrected chi connectivity index (χ0v) is 12.7. The maximum Gasteiger partial charge on any atom is 0.292 e. The predicted octanol–water partition coefficient (Wildman–Crippen LogP) is 1.27. The highest BCUT2D eigenvalue weighted by molar-refractivity contribution is 7.91. The minimum Gasteiger partial charge on any atom is -0.389 e. The quantitative estimate of drug-likeness (QED) is 0.663. The molecule has 0 bridgehead atoms. The number of nitrogens with zero attached hydrogens (tertiary/aromatic N) is 2. The van der Waals surface area contributed by atoms with Crippen LogP contribution in [0.2, 0.25) is 0 Å². The van der Waals surface area contributed by atoms with E-state index < -0.39 is 20.9 Å². The molecule has 1 heterocycles. The molecule has 1 aromatic rings. The average molecular weight is 314 g/mol. The second-order valence-electron chi connectivity index (χ2n) is 5.35. The van der Waals surface area contributed by atoms with Crippen molar-refractivity contribution in [3.8, 4) is 0 Å². The van der Waals surface area contributed by atoms with Gasteiger partial charge in [-0.25, -0.2) is 8.42 Å². The highest BCUT2D eigenvalue weighted by Gasteiger charge is 2.33. The smallest absolute Gasteiger partial charge is 0.292 e. The number of rotatable bonds is 4. The number of benzene rings is 1. The maximum absolute atomic E-state index is 11.5. The molecule has 21 heavy (non-hydrogen) atoms. The number of aliphatic hydroxyl groups is 1. The monoisotopic (exact) mass is 314 g/mol. The summed E-state index contributed by atoms with van der Waals surface area (Å²) in [4.78, 5) is 12.4. The van der Waals surface area contributed by atoms with Gasteiger partial charge in [-0.15, -0.1) is 0 Å². The largest absolute Gasteiger partial charge is 0.389 e. The van der Waals surface area contributed by atoms with E-state index in [2.05, 4.69) is 0 Å². The molecule has 1 fully saturated rings. The summed E-state index contributed by atoms with van der Waals surface area (Å²) >= 11 is 0. The Balaban J connectivity index is 2.37. The molecule has 0 aliphatic carbocycles. The molecule has 1 aliphatic rings. The SMILES string of the molecule is CC(O)c1ccc(N(C)C2CCS(=O)(=O)C2)c([N+](=O)[O-])c1. The minimum atomic E-state index is -3.05. The molecule has 0 saturated carbocycles. The van der Waals surface area contributed by atoms with Gasteiger partial charge in [0.05, 0.1) is 22.5 Å². The lowest BCUT2D eigenvalue weighted by Gasteiger charge is -2.25. The number of aliphatic hydroxyl groups excluding tert-OH is 1. The van der Waals surface area contributed by atoms with E-state index >= 15 is 0 Å². The van der Waals surface area contributed by atoms with E-state index in [4.69, 9.17) is 0 Å². The predicted molar refractivity (Wildman–Crippen MR) is 79.2 cm³/mol. The van der Waals surface area contributed by atoms with Crippen molar-refractivity contribution in [1.82, 2.24) is 0 Å². The van der Waals surface area contributed by atoms with Gasteiger partial charge in [-0.05, 0) is 25.0 Å². The Morgan fingerprint density at radius 3 is 2.62 bits per heavy atom. The van der Waals surface area contributed by atoms with Crippen LogP contribution in [0.1, 0.15) is 25.0 Å². The van der Waals surface area contributed by atoms with Gasteiger partial charge in [0, 0.05) is 19.2 Å². The normalized spacial score (nSPS) is 22.0. The number of anilines is 1. The average Bonchev–Trinajstić information content (AvgIpc) is 2.77. The summed E-state index contributed by atoms with van der Waals surface area (Å²) in [5.74, 6) is 0.125. The van der Waals surface area contributed by atoms with E-state index in [9.17, 15) is 23.6 Å². The van der Waals surface area contributed by atoms with Crippen LogP contribution in [0.5, 0.6) is 0 Å². The van der Waals surface area contributed by atoms with Crippen LogP contribution in [0, 0.1) is 10.1 Å². The molecule has 2 atom stereocenters. The van der Waals surface area contributed by atoms with E-state index in [1.165, 1.54) is 13.0 Å². The second kappa shape index (κ2) is 5.61. The third kappa shape index (κ3) is 3.33. The standard InChI is InChI=1S/C13H18N2O5S/c1-9(16)10-3-4-12(13(7-10)15(17)18)14(2)11-5-6-21(19,20)8-11/h3-4,7,9,11,16H,5-6,8H2,1-2H3. The van der Waals surface area contributed by atoms with E-state index in [0.717, 1.165) is 0 Å². The van der Waals surface area contributed by atoms with Crippen LogP contribution in [-0.2, 0) is 9.84 Å². The molecule has 2 rings (SSSR count). The first-order valence-corrected chi connectivity index (χ1v) is 8.43. The van der Waals surface area contributed by atoms with Gasteiger partial charge in [0.2, 0.25) is 0 Å². The maximum atomic E-state index is 11.5. The minimum absolute atomic E-state index is 0.0127. The summed E-state index contributed by atoms with van der Waals surface area (Å²) in [6.45, 7) is 1.53. The summed E-state index contributed by atoms with van der Waals surface area (Å²) < 4.78 is 23.1. The highest BCUT2D eigenvalue weighted by Crippen LogP contribution is 2.33. The van der Waals surface area contributed by atoms with Crippen molar-refractivity contribution in [3.05, 3.63) is 33.9 Å². The van der Waals surface area contributed by atoms with Crippen molar-refractivity contribution in [3.63, 3.8) is 0 Å². The fourth-order valence-electron chi connectivity index (χ4n) is 2.52. The van der Waals surface area contributed by atoms with Crippen molar-refractivity contribution < 1.29 is 18.4 Å². The van der Waals surface area contributed by atoms with Gasteiger partial charge in [-0.3, -0.25) is 10.1 Å². The van der Waals surface area contributed by atoms with Gasteiger partial charge < -0.3 is 10.0 Å². The molecule has 7 nitrogen and oxygen atoms in total. The van der Waals surface area contributed by atoms with E-state index in [0.29, 0.717) is 17.7 Å². The third-order valence-corrected chi connectivity index (χ3v) is 5.57. The molecule has 8 heteroatoms. The van der Waals surface area contributed by atoms with E-state index in [1.54, 1.807) is 24.1 Å². The van der Waals surface area contributed by atoms with Gasteiger partial charge >= 0.3 is 0 Å². The molecule has 116 valence electrons. The molecule has 1 aliphatic heterocycles. The number of nitro groups is 1. The van der Waals surface area contributed by atoms with Gasteiger partial charge in [0.1, 0.15) is 5.69 Å². The van der Waals surface area contributed by atoms with Crippen LogP contribution in [0.3, 0.4) is 0 Å². The van der Waals surface area contributed by atoms with Crippen molar-refractivity contribution in [1.29, 1.82) is 0 Å². The Hall–Kier alpha value is -1.67. The molecule has 1 saturated heterocycles. The van der Waals surface area contributed by atoms with Crippen LogP contribution in [0.25, 0.3) is 0 Å². The Bertz CT molecular complexity index is 657. The van der Waals surface area contributed by atoms with Crippen molar-refractivity contribution in [2.75, 3.05) is 23.5 Å². The van der Waals surface area contributed by atoms with Crippen LogP contribution >= 0.6 is 0 Å². The van der Waals surface area contributed by atoms with Crippen LogP contribution in [-0.4, -0.2) is 43.0 Å². The first kappa shape index (κ1) is 15.7. The second-order valence-corrected chi connectivity index (χ2v) is 7.58. The molecule has 1 N–H and O–H groups in total. The molecular formula is C13H18N2O5S. The van der Waals surface area contributed by atoms with Crippen LogP contribution in [0.4, 0.5) is 11.4 Å². The third-order valence-electron chi connectivity index (χ3n) is 3.81. The van der Waals surface area contributed by atoms with Crippen LogP contribution in [0.15, 0.2) is 18.2 Å². The number of sulfone groups is 1. The fourth-order valence-corrected chi connectivity index (χ4v) is 4.30. The Labute approximate surface area is 123 Å². The van der Waals surface area contributed by atoms with Crippen LogP contribution < -0.4 is 4.90 Å². The Morgan fingerprint density at radius 2 is 2.14 bits per heavy atom. The van der Waals surface area contributed by atoms with Crippen molar-refractivity contribution >= 4 is 21.2 Å². The summed E-state index contributed by atoms with van der Waals surface area (Å²) in [5, 5.41) is 20.7. The molecule has 0 radical (unpaired) electrons. The summed E-state index contributed by atoms with van der Waals surface area (Å²) in [7, 11) is -1.39. The van der Waals surface area contributed by atoms with Crippen molar-refractivity contribution in [2.45, 2.75) is 25.5 Å². The summed E-state index contributed by atoms with van der Waals surface area (Å²) in [6.07, 6.45) is -0.330. The number of hydrogen-bond acceptors (Lipinski definition) is 6. The number of hydrogen-bond donors (Lipinski definition) is 1. The van der Waals surface area contributed by atoms with Gasteiger partial charge in [0.15, 0.2) is 9.84 Å². The fraction of sp³-hybridized carbons (Fsp3) is 0.538. The van der Waals surface area contributed by atoms with Gasteiger partial charge in [-0.1, -0.05) is 6.07 Å². The van der Waals surface area contributed by atoms with Gasteiger partial charge in [-0.2, -0.15) is 0 Å². The highest BCUT2D eigenvalue weighted by atomic mass is 32.2. The molecule has 2 unspecified atom stereocenters.